The van der Waals surface area contributed by atoms with Gasteiger partial charge in [-0.05, 0) is 0 Å². The minimum absolute atomic E-state index is 0.304. The number of rotatable bonds is 21. The zero-order valence-electron chi connectivity index (χ0n) is 17.4. The summed E-state index contributed by atoms with van der Waals surface area (Å²) in [6.07, 6.45) is 26.1. The van der Waals surface area contributed by atoms with Crippen molar-refractivity contribution in [3.05, 3.63) is 0 Å². The quantitative estimate of drug-likeness (QED) is 0.154. The summed E-state index contributed by atoms with van der Waals surface area (Å²) in [4.78, 5) is 11.0. The molecule has 0 rings (SSSR count). The molecule has 4 heteroatoms. The van der Waals surface area contributed by atoms with Crippen molar-refractivity contribution in [1.82, 2.24) is 0 Å². The molecule has 0 saturated heterocycles. The molecule has 0 fully saturated rings. The molecular weight excluding hydrogens is 339 g/mol. The fraction of sp³-hybridized carbons (Fsp3) is 0.955. The molecule has 3 nitrogen and oxygen atoms in total. The zero-order valence-corrected chi connectivity index (χ0v) is 18.6. The van der Waals surface area contributed by atoms with E-state index in [0.717, 1.165) is 12.8 Å². The fourth-order valence-corrected chi connectivity index (χ4v) is 3.69. The molecule has 152 valence electrons. The zero-order chi connectivity index (χ0) is 19.1. The van der Waals surface area contributed by atoms with Crippen LogP contribution in [0.4, 0.5) is 0 Å². The fourth-order valence-electron chi connectivity index (χ4n) is 3.46. The summed E-state index contributed by atoms with van der Waals surface area (Å²) in [5.74, 6) is -0.304. The Bertz CT molecular complexity index is 308. The predicted octanol–water partition coefficient (Wildman–Crippen LogP) is 7.32. The van der Waals surface area contributed by atoms with Crippen LogP contribution in [0.2, 0.25) is 0 Å². The topological polar surface area (TPSA) is 43.4 Å². The van der Waals surface area contributed by atoms with Crippen molar-refractivity contribution in [3.63, 3.8) is 0 Å². The average molecular weight is 383 g/mol. The Balaban J connectivity index is 3.03. The predicted molar refractivity (Wildman–Crippen MR) is 111 cm³/mol. The summed E-state index contributed by atoms with van der Waals surface area (Å²) in [7, 11) is 0. The number of carbonyl (C=O) groups excluding carboxylic acids is 1. The maximum atomic E-state index is 11.0. The van der Waals surface area contributed by atoms with E-state index in [4.69, 9.17) is 0 Å². The summed E-state index contributed by atoms with van der Waals surface area (Å²) in [5, 5.41) is 0. The first kappa shape index (κ1) is 25.8. The van der Waals surface area contributed by atoms with Gasteiger partial charge in [-0.3, -0.25) is 0 Å². The van der Waals surface area contributed by atoms with Gasteiger partial charge in [-0.25, -0.2) is 0 Å². The van der Waals surface area contributed by atoms with Crippen molar-refractivity contribution >= 4 is 21.5 Å². The van der Waals surface area contributed by atoms with Crippen molar-refractivity contribution < 1.29 is 12.4 Å². The molecule has 0 aromatic carbocycles. The first-order valence-electron chi connectivity index (χ1n) is 11.4. The average Bonchev–Trinajstić information content (AvgIpc) is 2.64. The molecule has 0 aromatic heterocycles. The van der Waals surface area contributed by atoms with Crippen LogP contribution >= 0.6 is 0 Å². The van der Waals surface area contributed by atoms with Crippen LogP contribution in [0.25, 0.3) is 0 Å². The molecule has 0 radical (unpaired) electrons. The summed E-state index contributed by atoms with van der Waals surface area (Å²) in [6.45, 7) is 2.28. The van der Waals surface area contributed by atoms with E-state index in [2.05, 4.69) is 10.7 Å². The van der Waals surface area contributed by atoms with Gasteiger partial charge < -0.3 is 0 Å². The number of unbranched alkanes of at least 4 members (excludes halogenated alkanes) is 18. The second-order valence-corrected chi connectivity index (χ2v) is 8.13. The van der Waals surface area contributed by atoms with Gasteiger partial charge in [-0.1, -0.05) is 71.1 Å². The first-order valence-corrected chi connectivity index (χ1v) is 12.4. The van der Waals surface area contributed by atoms with E-state index in [0.29, 0.717) is 6.42 Å². The van der Waals surface area contributed by atoms with Gasteiger partial charge in [0.05, 0.1) is 0 Å². The molecule has 0 atom stereocenters. The molecule has 0 aromatic rings. The second-order valence-electron chi connectivity index (χ2n) is 7.70. The van der Waals surface area contributed by atoms with Crippen molar-refractivity contribution in [3.8, 4) is 0 Å². The summed E-state index contributed by atoms with van der Waals surface area (Å²) >= 11 is -1.38. The molecule has 26 heavy (non-hydrogen) atoms. The van der Waals surface area contributed by atoms with Crippen LogP contribution < -0.4 is 0 Å². The second kappa shape index (κ2) is 22.8. The molecule has 0 aliphatic heterocycles. The van der Waals surface area contributed by atoms with E-state index in [1.807, 2.05) is 0 Å². The Morgan fingerprint density at radius 2 is 0.885 bits per heavy atom. The van der Waals surface area contributed by atoms with E-state index in [-0.39, 0.29) is 5.97 Å². The Morgan fingerprint density at radius 3 is 1.19 bits per heavy atom. The Hall–Kier alpha value is -0.198. The van der Waals surface area contributed by atoms with Gasteiger partial charge in [0.1, 0.15) is 0 Å². The maximum absolute atomic E-state index is 11.0. The molecular formula is C22H43AlO3. The first-order chi connectivity index (χ1) is 12.8. The molecule has 0 unspecified atom stereocenters. The summed E-state index contributed by atoms with van der Waals surface area (Å²) in [5.41, 5.74) is 0. The van der Waals surface area contributed by atoms with Gasteiger partial charge >= 0.3 is 98.1 Å². The number of hydrogen-bond acceptors (Lipinski definition) is 3. The number of hydrogen-bond donors (Lipinski definition) is 0. The molecule has 0 saturated carbocycles. The Morgan fingerprint density at radius 1 is 0.577 bits per heavy atom. The molecule has 0 aliphatic carbocycles. The Labute approximate surface area is 169 Å². The number of carbonyl (C=O) groups is 1. The summed E-state index contributed by atoms with van der Waals surface area (Å²) < 4.78 is 14.6. The Kier molecular flexibility index (Phi) is 22.7. The molecule has 0 spiro atoms. The van der Waals surface area contributed by atoms with Gasteiger partial charge in [0.15, 0.2) is 0 Å². The molecule has 0 heterocycles. The SMILES string of the molecule is CCCCCCCCCCCCCCCCCCCCCC(=O)[O][Al]=[O]. The standard InChI is InChI=1S/C22H44O2.Al.O/c1-2-3-4-5-6-7-8-9-10-11-12-13-14-15-16-17-18-19-20-21-22(23)24;;/h2-21H2,1H3,(H,23,24);;/q;+1;/p-1. The van der Waals surface area contributed by atoms with Crippen molar-refractivity contribution in [2.24, 2.45) is 0 Å². The van der Waals surface area contributed by atoms with Gasteiger partial charge in [0, 0.05) is 0 Å². The third-order valence-corrected chi connectivity index (χ3v) is 5.52. The van der Waals surface area contributed by atoms with Gasteiger partial charge in [-0.2, -0.15) is 0 Å². The minimum atomic E-state index is -1.38. The van der Waals surface area contributed by atoms with Crippen LogP contribution in [0.1, 0.15) is 135 Å². The van der Waals surface area contributed by atoms with Crippen molar-refractivity contribution in [2.45, 2.75) is 135 Å². The van der Waals surface area contributed by atoms with Crippen LogP contribution in [0.5, 0.6) is 0 Å². The normalized spacial score (nSPS) is 10.7. The van der Waals surface area contributed by atoms with Gasteiger partial charge in [-0.15, -0.1) is 0 Å². The van der Waals surface area contributed by atoms with E-state index in [1.54, 1.807) is 0 Å². The van der Waals surface area contributed by atoms with E-state index < -0.39 is 15.5 Å². The van der Waals surface area contributed by atoms with E-state index in [1.165, 1.54) is 109 Å². The van der Waals surface area contributed by atoms with E-state index >= 15 is 0 Å². The molecule has 0 bridgehead atoms. The van der Waals surface area contributed by atoms with Crippen LogP contribution in [0.3, 0.4) is 0 Å². The van der Waals surface area contributed by atoms with Crippen LogP contribution in [0, 0.1) is 0 Å². The third kappa shape index (κ3) is 21.8. The molecule has 0 aliphatic rings. The van der Waals surface area contributed by atoms with Gasteiger partial charge in [0.2, 0.25) is 0 Å². The molecule has 0 amide bonds. The van der Waals surface area contributed by atoms with Crippen molar-refractivity contribution in [1.29, 1.82) is 0 Å². The van der Waals surface area contributed by atoms with Crippen LogP contribution in [-0.4, -0.2) is 21.5 Å². The van der Waals surface area contributed by atoms with Crippen molar-refractivity contribution in [2.75, 3.05) is 0 Å². The monoisotopic (exact) mass is 382 g/mol. The third-order valence-electron chi connectivity index (χ3n) is 5.16. The van der Waals surface area contributed by atoms with Crippen LogP contribution in [0.15, 0.2) is 0 Å². The van der Waals surface area contributed by atoms with E-state index in [9.17, 15) is 8.60 Å². The molecule has 0 N–H and O–H groups in total. The van der Waals surface area contributed by atoms with Crippen LogP contribution in [-0.2, 0) is 12.4 Å². The summed E-state index contributed by atoms with van der Waals surface area (Å²) in [6, 6.07) is 0. The van der Waals surface area contributed by atoms with Gasteiger partial charge in [0.25, 0.3) is 0 Å².